The van der Waals surface area contributed by atoms with E-state index in [1.54, 1.807) is 12.1 Å². The molecule has 3 rings (SSSR count). The van der Waals surface area contributed by atoms with Crippen LogP contribution in [0.3, 0.4) is 0 Å². The molecule has 2 heterocycles. The van der Waals surface area contributed by atoms with E-state index < -0.39 is 0 Å². The van der Waals surface area contributed by atoms with Crippen molar-refractivity contribution in [3.63, 3.8) is 0 Å². The van der Waals surface area contributed by atoms with Gasteiger partial charge in [-0.25, -0.2) is 4.98 Å². The predicted molar refractivity (Wildman–Crippen MR) is 100 cm³/mol. The highest BCUT2D eigenvalue weighted by molar-refractivity contribution is 7.13. The van der Waals surface area contributed by atoms with Crippen LogP contribution in [0.2, 0.25) is 0 Å². The molecule has 0 radical (unpaired) electrons. The summed E-state index contributed by atoms with van der Waals surface area (Å²) in [4.78, 5) is 30.9. The molecular formula is C18H22N4O3S. The fourth-order valence-corrected chi connectivity index (χ4v) is 3.39. The zero-order valence-electron chi connectivity index (χ0n) is 14.7. The van der Waals surface area contributed by atoms with E-state index >= 15 is 0 Å². The molecule has 0 saturated carbocycles. The zero-order valence-corrected chi connectivity index (χ0v) is 15.5. The first-order chi connectivity index (χ1) is 12.6. The summed E-state index contributed by atoms with van der Waals surface area (Å²) in [6, 6.07) is 7.27. The van der Waals surface area contributed by atoms with Crippen molar-refractivity contribution in [1.82, 2.24) is 15.2 Å². The second-order valence-electron chi connectivity index (χ2n) is 6.08. The maximum atomic E-state index is 12.1. The number of hydrogen-bond donors (Lipinski definition) is 2. The largest absolute Gasteiger partial charge is 0.379 e. The third-order valence-corrected chi connectivity index (χ3v) is 4.89. The minimum absolute atomic E-state index is 0.0917. The number of amides is 2. The molecule has 0 bridgehead atoms. The lowest BCUT2D eigenvalue weighted by Crippen LogP contribution is -2.35. The van der Waals surface area contributed by atoms with Crippen molar-refractivity contribution in [1.29, 1.82) is 0 Å². The lowest BCUT2D eigenvalue weighted by atomic mass is 10.1. The van der Waals surface area contributed by atoms with Crippen LogP contribution >= 0.6 is 11.3 Å². The van der Waals surface area contributed by atoms with Crippen molar-refractivity contribution in [2.24, 2.45) is 0 Å². The van der Waals surface area contributed by atoms with Crippen molar-refractivity contribution in [2.75, 3.05) is 38.2 Å². The van der Waals surface area contributed by atoms with Crippen LogP contribution in [0, 0.1) is 6.92 Å². The van der Waals surface area contributed by atoms with Crippen LogP contribution in [0.25, 0.3) is 0 Å². The van der Waals surface area contributed by atoms with Gasteiger partial charge in [0.05, 0.1) is 25.5 Å². The number of aromatic nitrogens is 1. The molecule has 1 aromatic carbocycles. The summed E-state index contributed by atoms with van der Waals surface area (Å²) in [6.07, 6.45) is 0. The summed E-state index contributed by atoms with van der Waals surface area (Å²) < 4.78 is 5.33. The summed E-state index contributed by atoms with van der Waals surface area (Å²) in [7, 11) is 0. The van der Waals surface area contributed by atoms with Crippen LogP contribution in [-0.2, 0) is 16.1 Å². The van der Waals surface area contributed by atoms with Crippen molar-refractivity contribution in [3.05, 3.63) is 46.5 Å². The summed E-state index contributed by atoms with van der Waals surface area (Å²) in [5.41, 5.74) is 2.37. The number of benzene rings is 1. The molecule has 8 heteroatoms. The molecule has 138 valence electrons. The molecule has 1 saturated heterocycles. The Bertz CT molecular complexity index is 771. The number of nitrogens with one attached hydrogen (secondary N) is 2. The maximum absolute atomic E-state index is 12.1. The number of carbonyl (C=O) groups is 2. The van der Waals surface area contributed by atoms with Crippen molar-refractivity contribution in [3.8, 4) is 0 Å². The summed E-state index contributed by atoms with van der Waals surface area (Å²) in [6.45, 7) is 5.79. The minimum atomic E-state index is -0.292. The van der Waals surface area contributed by atoms with Gasteiger partial charge in [-0.15, -0.1) is 11.3 Å². The topological polar surface area (TPSA) is 83.6 Å². The molecule has 26 heavy (non-hydrogen) atoms. The smallest absolute Gasteiger partial charge is 0.251 e. The fourth-order valence-electron chi connectivity index (χ4n) is 2.67. The van der Waals surface area contributed by atoms with Crippen molar-refractivity contribution in [2.45, 2.75) is 13.5 Å². The lowest BCUT2D eigenvalue weighted by Gasteiger charge is -2.25. The van der Waals surface area contributed by atoms with Gasteiger partial charge in [-0.1, -0.05) is 18.2 Å². The van der Waals surface area contributed by atoms with Crippen LogP contribution in [0.4, 0.5) is 5.13 Å². The van der Waals surface area contributed by atoms with Gasteiger partial charge in [0.1, 0.15) is 0 Å². The van der Waals surface area contributed by atoms with Gasteiger partial charge in [-0.3, -0.25) is 14.5 Å². The van der Waals surface area contributed by atoms with Crippen LogP contribution in [0.15, 0.2) is 29.6 Å². The molecule has 0 unspecified atom stereocenters. The molecule has 1 aliphatic rings. The Morgan fingerprint density at radius 2 is 2.04 bits per heavy atom. The van der Waals surface area contributed by atoms with E-state index in [4.69, 9.17) is 4.74 Å². The van der Waals surface area contributed by atoms with Gasteiger partial charge in [0.25, 0.3) is 5.91 Å². The second kappa shape index (κ2) is 8.88. The predicted octanol–water partition coefficient (Wildman–Crippen LogP) is 1.65. The number of nitrogens with zero attached hydrogens (tertiary/aromatic N) is 2. The third-order valence-electron chi connectivity index (χ3n) is 4.09. The monoisotopic (exact) mass is 374 g/mol. The highest BCUT2D eigenvalue weighted by atomic mass is 32.1. The van der Waals surface area contributed by atoms with Gasteiger partial charge in [0.2, 0.25) is 5.91 Å². The van der Waals surface area contributed by atoms with E-state index in [9.17, 15) is 9.59 Å². The van der Waals surface area contributed by atoms with Gasteiger partial charge < -0.3 is 15.4 Å². The zero-order chi connectivity index (χ0) is 18.4. The molecule has 2 N–H and O–H groups in total. The number of aryl methyl sites for hydroxylation is 1. The molecule has 1 aliphatic heterocycles. The first-order valence-electron chi connectivity index (χ1n) is 8.50. The third kappa shape index (κ3) is 5.10. The van der Waals surface area contributed by atoms with Crippen molar-refractivity contribution < 1.29 is 14.3 Å². The van der Waals surface area contributed by atoms with Crippen molar-refractivity contribution >= 4 is 28.3 Å². The first-order valence-corrected chi connectivity index (χ1v) is 9.38. The summed E-state index contributed by atoms with van der Waals surface area (Å²) in [5.74, 6) is -0.551. The van der Waals surface area contributed by atoms with E-state index in [-0.39, 0.29) is 18.4 Å². The van der Waals surface area contributed by atoms with Gasteiger partial charge in [0.15, 0.2) is 5.13 Å². The average Bonchev–Trinajstić information content (AvgIpc) is 3.07. The Labute approximate surface area is 156 Å². The van der Waals surface area contributed by atoms with E-state index in [1.165, 1.54) is 11.3 Å². The molecule has 2 amide bonds. The van der Waals surface area contributed by atoms with E-state index in [0.29, 0.717) is 10.7 Å². The Morgan fingerprint density at radius 3 is 2.81 bits per heavy atom. The molecule has 0 spiro atoms. The minimum Gasteiger partial charge on any atom is -0.379 e. The van der Waals surface area contributed by atoms with Crippen LogP contribution in [0.1, 0.15) is 21.6 Å². The SMILES string of the molecule is Cc1ccccc1C(=O)NCC(=O)Nc1nc(CN2CCOCC2)cs1. The quantitative estimate of drug-likeness (QED) is 0.803. The number of morpholine rings is 1. The fraction of sp³-hybridized carbons (Fsp3) is 0.389. The number of anilines is 1. The van der Waals surface area contributed by atoms with E-state index in [1.807, 2.05) is 24.4 Å². The normalized spacial score (nSPS) is 14.8. The van der Waals surface area contributed by atoms with Gasteiger partial charge in [-0.2, -0.15) is 0 Å². The number of thiazole rings is 1. The molecule has 1 fully saturated rings. The van der Waals surface area contributed by atoms with E-state index in [0.717, 1.165) is 44.1 Å². The standard InChI is InChI=1S/C18H22N4O3S/c1-13-4-2-3-5-15(13)17(24)19-10-16(23)21-18-20-14(12-26-18)11-22-6-8-25-9-7-22/h2-5,12H,6-11H2,1H3,(H,19,24)(H,20,21,23). The molecule has 1 aromatic heterocycles. The lowest BCUT2D eigenvalue weighted by molar-refractivity contribution is -0.115. The molecule has 0 atom stereocenters. The van der Waals surface area contributed by atoms with Crippen LogP contribution in [0.5, 0.6) is 0 Å². The Morgan fingerprint density at radius 1 is 1.27 bits per heavy atom. The van der Waals surface area contributed by atoms with Gasteiger partial charge in [0, 0.05) is 30.6 Å². The Balaban J connectivity index is 1.46. The maximum Gasteiger partial charge on any atom is 0.251 e. The summed E-state index contributed by atoms with van der Waals surface area (Å²) in [5, 5.41) is 7.85. The van der Waals surface area contributed by atoms with E-state index in [2.05, 4.69) is 20.5 Å². The number of rotatable bonds is 6. The number of carbonyl (C=O) groups excluding carboxylic acids is 2. The highest BCUT2D eigenvalue weighted by Crippen LogP contribution is 2.17. The van der Waals surface area contributed by atoms with Crippen LogP contribution < -0.4 is 10.6 Å². The number of ether oxygens (including phenoxy) is 1. The Hall–Kier alpha value is -2.29. The van der Waals surface area contributed by atoms with Gasteiger partial charge in [-0.05, 0) is 18.6 Å². The second-order valence-corrected chi connectivity index (χ2v) is 6.94. The highest BCUT2D eigenvalue weighted by Gasteiger charge is 2.14. The average molecular weight is 374 g/mol. The van der Waals surface area contributed by atoms with Gasteiger partial charge >= 0.3 is 0 Å². The number of hydrogen-bond acceptors (Lipinski definition) is 6. The first kappa shape index (κ1) is 18.5. The molecular weight excluding hydrogens is 352 g/mol. The molecule has 7 nitrogen and oxygen atoms in total. The molecule has 2 aromatic rings. The van der Waals surface area contributed by atoms with Crippen LogP contribution in [-0.4, -0.2) is 54.5 Å². The Kier molecular flexibility index (Phi) is 6.32. The molecule has 0 aliphatic carbocycles. The summed E-state index contributed by atoms with van der Waals surface area (Å²) >= 11 is 1.39.